The first kappa shape index (κ1) is 20.4. The van der Waals surface area contributed by atoms with E-state index >= 15 is 0 Å². The van der Waals surface area contributed by atoms with Gasteiger partial charge in [-0.05, 0) is 43.4 Å². The Morgan fingerprint density at radius 2 is 1.93 bits per heavy atom. The minimum absolute atomic E-state index is 0.218. The Balaban J connectivity index is 1.48. The number of carbonyl (C=O) groups excluding carboxylic acids is 2. The smallest absolute Gasteiger partial charge is 0.276 e. The summed E-state index contributed by atoms with van der Waals surface area (Å²) < 4.78 is 5.34. The topological polar surface area (TPSA) is 62.2 Å². The zero-order chi connectivity index (χ0) is 19.8. The molecule has 0 bridgehead atoms. The number of benzene rings is 1. The first-order chi connectivity index (χ1) is 13.7. The van der Waals surface area contributed by atoms with Crippen molar-refractivity contribution in [1.82, 2.24) is 9.80 Å². The lowest BCUT2D eigenvalue weighted by atomic mass is 9.95. The average Bonchev–Trinajstić information content (AvgIpc) is 2.74. The maximum atomic E-state index is 12.5. The van der Waals surface area contributed by atoms with E-state index in [-0.39, 0.29) is 11.8 Å². The Morgan fingerprint density at radius 1 is 1.18 bits per heavy atom. The number of ether oxygens (including phenoxy) is 1. The van der Waals surface area contributed by atoms with E-state index in [4.69, 9.17) is 4.74 Å². The highest BCUT2D eigenvalue weighted by Crippen LogP contribution is 2.20. The molecule has 0 saturated carbocycles. The average molecular weight is 383 g/mol. The van der Waals surface area contributed by atoms with Crippen LogP contribution in [0.25, 0.3) is 6.08 Å². The number of allylic oxidation sites excluding steroid dienone is 1. The third-order valence-corrected chi connectivity index (χ3v) is 5.30. The van der Waals surface area contributed by atoms with Crippen LogP contribution in [0.2, 0.25) is 0 Å². The molecular formula is C22H29N3O3. The van der Waals surface area contributed by atoms with E-state index in [1.807, 2.05) is 23.1 Å². The Labute approximate surface area is 166 Å². The van der Waals surface area contributed by atoms with Crippen LogP contribution in [-0.4, -0.2) is 73.8 Å². The number of morpholine rings is 1. The third kappa shape index (κ3) is 5.84. The normalized spacial score (nSPS) is 19.5. The van der Waals surface area contributed by atoms with E-state index in [9.17, 15) is 9.59 Å². The predicted octanol–water partition coefficient (Wildman–Crippen LogP) is 2.50. The van der Waals surface area contributed by atoms with Crippen molar-refractivity contribution in [2.24, 2.45) is 10.9 Å². The van der Waals surface area contributed by atoms with Gasteiger partial charge < -0.3 is 9.64 Å². The molecule has 0 aliphatic carbocycles. The Hall–Kier alpha value is -2.31. The number of carbonyl (C=O) groups is 2. The summed E-state index contributed by atoms with van der Waals surface area (Å²) in [6, 6.07) is 7.52. The second-order valence-corrected chi connectivity index (χ2v) is 7.28. The van der Waals surface area contributed by atoms with Crippen LogP contribution < -0.4 is 0 Å². The van der Waals surface area contributed by atoms with Gasteiger partial charge in [0.25, 0.3) is 5.91 Å². The fourth-order valence-corrected chi connectivity index (χ4v) is 3.61. The van der Waals surface area contributed by atoms with Gasteiger partial charge in [0.2, 0.25) is 5.91 Å². The van der Waals surface area contributed by atoms with Gasteiger partial charge in [0.1, 0.15) is 0 Å². The number of likely N-dealkylation sites (tertiary alicyclic amines) is 1. The van der Waals surface area contributed by atoms with Crippen LogP contribution >= 0.6 is 0 Å². The van der Waals surface area contributed by atoms with Crippen LogP contribution in [0.3, 0.4) is 0 Å². The van der Waals surface area contributed by atoms with Crippen LogP contribution in [0.5, 0.6) is 0 Å². The second kappa shape index (κ2) is 10.3. The van der Waals surface area contributed by atoms with Crippen LogP contribution in [0.4, 0.5) is 0 Å². The van der Waals surface area contributed by atoms with Gasteiger partial charge in [-0.3, -0.25) is 14.5 Å². The van der Waals surface area contributed by atoms with Gasteiger partial charge in [-0.15, -0.1) is 0 Å². The number of rotatable bonds is 5. The van der Waals surface area contributed by atoms with E-state index < -0.39 is 0 Å². The summed E-state index contributed by atoms with van der Waals surface area (Å²) in [7, 11) is 0. The van der Waals surface area contributed by atoms with Crippen molar-refractivity contribution in [1.29, 1.82) is 0 Å². The molecule has 2 aliphatic rings. The zero-order valence-corrected chi connectivity index (χ0v) is 16.5. The molecule has 2 saturated heterocycles. The SMILES string of the molecule is CC=NC(=O)c1cccc(/C=C/C2CCN(C(=O)CN3CCOCC3)CC2)c1. The molecule has 3 rings (SSSR count). The highest BCUT2D eigenvalue weighted by molar-refractivity contribution is 5.99. The monoisotopic (exact) mass is 383 g/mol. The molecular weight excluding hydrogens is 354 g/mol. The number of piperidine rings is 1. The summed E-state index contributed by atoms with van der Waals surface area (Å²) in [5, 5.41) is 0. The van der Waals surface area contributed by atoms with Gasteiger partial charge in [0.15, 0.2) is 0 Å². The highest BCUT2D eigenvalue weighted by atomic mass is 16.5. The number of nitrogens with zero attached hydrogens (tertiary/aromatic N) is 3. The molecule has 150 valence electrons. The van der Waals surface area contributed by atoms with Crippen molar-refractivity contribution in [3.63, 3.8) is 0 Å². The summed E-state index contributed by atoms with van der Waals surface area (Å²) in [4.78, 5) is 32.3. The molecule has 2 amide bonds. The van der Waals surface area contributed by atoms with Crippen LogP contribution in [0, 0.1) is 5.92 Å². The van der Waals surface area contributed by atoms with Crippen molar-refractivity contribution in [3.05, 3.63) is 41.5 Å². The molecule has 1 aromatic rings. The summed E-state index contributed by atoms with van der Waals surface area (Å²) in [6.45, 7) is 6.98. The Kier molecular flexibility index (Phi) is 7.51. The van der Waals surface area contributed by atoms with Crippen molar-refractivity contribution < 1.29 is 14.3 Å². The maximum absolute atomic E-state index is 12.5. The molecule has 28 heavy (non-hydrogen) atoms. The van der Waals surface area contributed by atoms with Crippen molar-refractivity contribution in [2.45, 2.75) is 19.8 Å². The summed E-state index contributed by atoms with van der Waals surface area (Å²) in [6.07, 6.45) is 7.74. The van der Waals surface area contributed by atoms with Crippen LogP contribution in [0.1, 0.15) is 35.7 Å². The third-order valence-electron chi connectivity index (χ3n) is 5.30. The minimum atomic E-state index is -0.218. The van der Waals surface area contributed by atoms with E-state index in [2.05, 4.69) is 22.0 Å². The minimum Gasteiger partial charge on any atom is -0.379 e. The fraction of sp³-hybridized carbons (Fsp3) is 0.500. The first-order valence-corrected chi connectivity index (χ1v) is 10.0. The molecule has 0 unspecified atom stereocenters. The van der Waals surface area contributed by atoms with Crippen molar-refractivity contribution >= 4 is 24.1 Å². The number of hydrogen-bond donors (Lipinski definition) is 0. The molecule has 2 aliphatic heterocycles. The van der Waals surface area contributed by atoms with E-state index in [1.54, 1.807) is 13.0 Å². The van der Waals surface area contributed by atoms with Crippen molar-refractivity contribution in [2.75, 3.05) is 45.9 Å². The molecule has 0 atom stereocenters. The summed E-state index contributed by atoms with van der Waals surface area (Å²) >= 11 is 0. The maximum Gasteiger partial charge on any atom is 0.276 e. The number of amides is 2. The Morgan fingerprint density at radius 3 is 2.64 bits per heavy atom. The molecule has 2 fully saturated rings. The molecule has 1 aromatic carbocycles. The quantitative estimate of drug-likeness (QED) is 0.733. The standard InChI is InChI=1S/C22H29N3O3/c1-2-23-22(27)20-5-3-4-19(16-20)7-6-18-8-10-25(11-9-18)21(26)17-24-12-14-28-15-13-24/h2-7,16,18H,8-15,17H2,1H3/b7-6+,23-2?. The first-order valence-electron chi connectivity index (χ1n) is 10.0. The van der Waals surface area contributed by atoms with Gasteiger partial charge in [-0.2, -0.15) is 0 Å². The lowest BCUT2D eigenvalue weighted by molar-refractivity contribution is -0.134. The van der Waals surface area contributed by atoms with E-state index in [1.165, 1.54) is 6.21 Å². The molecule has 0 N–H and O–H groups in total. The second-order valence-electron chi connectivity index (χ2n) is 7.28. The molecule has 6 nitrogen and oxygen atoms in total. The predicted molar refractivity (Wildman–Crippen MR) is 111 cm³/mol. The van der Waals surface area contributed by atoms with Gasteiger partial charge in [0, 0.05) is 38.0 Å². The van der Waals surface area contributed by atoms with E-state index in [0.717, 1.165) is 57.8 Å². The summed E-state index contributed by atoms with van der Waals surface area (Å²) in [5.74, 6) is 0.470. The van der Waals surface area contributed by atoms with Gasteiger partial charge in [-0.1, -0.05) is 24.3 Å². The molecule has 0 spiro atoms. The molecule has 6 heteroatoms. The van der Waals surface area contributed by atoms with Crippen LogP contribution in [0.15, 0.2) is 35.3 Å². The van der Waals surface area contributed by atoms with Gasteiger partial charge >= 0.3 is 0 Å². The lowest BCUT2D eigenvalue weighted by Gasteiger charge is -2.33. The zero-order valence-electron chi connectivity index (χ0n) is 16.5. The Bertz CT molecular complexity index is 730. The van der Waals surface area contributed by atoms with Gasteiger partial charge in [0.05, 0.1) is 19.8 Å². The highest BCUT2D eigenvalue weighted by Gasteiger charge is 2.23. The lowest BCUT2D eigenvalue weighted by Crippen LogP contribution is -2.46. The van der Waals surface area contributed by atoms with Crippen LogP contribution in [-0.2, 0) is 9.53 Å². The number of hydrogen-bond acceptors (Lipinski definition) is 4. The molecule has 0 radical (unpaired) electrons. The summed E-state index contributed by atoms with van der Waals surface area (Å²) in [5.41, 5.74) is 1.60. The molecule has 2 heterocycles. The van der Waals surface area contributed by atoms with Crippen molar-refractivity contribution in [3.8, 4) is 0 Å². The molecule has 0 aromatic heterocycles. The largest absolute Gasteiger partial charge is 0.379 e. The number of aliphatic imine (C=N–C) groups is 1. The van der Waals surface area contributed by atoms with E-state index in [0.29, 0.717) is 18.0 Å². The van der Waals surface area contributed by atoms with Gasteiger partial charge in [-0.25, -0.2) is 4.99 Å². The fourth-order valence-electron chi connectivity index (χ4n) is 3.61.